The smallest absolute Gasteiger partial charge is 0.248 e. The third kappa shape index (κ3) is 4.03. The molecule has 0 aromatic rings. The second-order valence-electron chi connectivity index (χ2n) is 4.35. The molecule has 1 unspecified atom stereocenters. The first kappa shape index (κ1) is 10.9. The number of halogens is 2. The Bertz CT molecular complexity index is 144. The summed E-state index contributed by atoms with van der Waals surface area (Å²) in [6.45, 7) is 1.97. The number of nitrogens with two attached hydrogens (primary N) is 1. The second kappa shape index (κ2) is 4.36. The molecule has 0 heterocycles. The molecule has 0 saturated heterocycles. The maximum Gasteiger partial charge on any atom is 0.248 e. The lowest BCUT2D eigenvalue weighted by Gasteiger charge is -2.28. The van der Waals surface area contributed by atoms with E-state index < -0.39 is 5.92 Å². The summed E-state index contributed by atoms with van der Waals surface area (Å²) >= 11 is 0. The Kier molecular flexibility index (Phi) is 3.65. The minimum Gasteiger partial charge on any atom is -0.328 e. The van der Waals surface area contributed by atoms with Gasteiger partial charge in [0, 0.05) is 18.9 Å². The lowest BCUT2D eigenvalue weighted by molar-refractivity contribution is -0.0467. The highest BCUT2D eigenvalue weighted by molar-refractivity contribution is 4.77. The van der Waals surface area contributed by atoms with E-state index >= 15 is 0 Å². The van der Waals surface area contributed by atoms with E-state index in [4.69, 9.17) is 5.73 Å². The Morgan fingerprint density at radius 2 is 1.92 bits per heavy atom. The summed E-state index contributed by atoms with van der Waals surface area (Å²) in [6, 6.07) is 0.211. The van der Waals surface area contributed by atoms with Gasteiger partial charge in [-0.15, -0.1) is 0 Å². The molecule has 3 heteroatoms. The van der Waals surface area contributed by atoms with Gasteiger partial charge in [0.2, 0.25) is 5.92 Å². The van der Waals surface area contributed by atoms with Gasteiger partial charge < -0.3 is 5.73 Å². The predicted molar refractivity (Wildman–Crippen MR) is 49.8 cm³/mol. The molecule has 0 spiro atoms. The normalized spacial score (nSPS) is 25.8. The van der Waals surface area contributed by atoms with Crippen LogP contribution in [-0.2, 0) is 0 Å². The lowest BCUT2D eigenvalue weighted by atomic mass is 9.83. The van der Waals surface area contributed by atoms with Crippen LogP contribution in [0.25, 0.3) is 0 Å². The average Bonchev–Trinajstić information content (AvgIpc) is 2.02. The van der Waals surface area contributed by atoms with Crippen molar-refractivity contribution in [2.75, 3.05) is 0 Å². The van der Waals surface area contributed by atoms with Crippen LogP contribution in [0, 0.1) is 5.92 Å². The first-order chi connectivity index (χ1) is 5.99. The molecular formula is C10H19F2N. The second-order valence-corrected chi connectivity index (χ2v) is 4.35. The van der Waals surface area contributed by atoms with Gasteiger partial charge in [-0.3, -0.25) is 0 Å². The van der Waals surface area contributed by atoms with Gasteiger partial charge in [-0.05, 0) is 38.5 Å². The predicted octanol–water partition coefficient (Wildman–Crippen LogP) is 2.94. The Morgan fingerprint density at radius 1 is 1.38 bits per heavy atom. The molecule has 1 fully saturated rings. The monoisotopic (exact) mass is 191 g/mol. The molecule has 1 aliphatic rings. The molecule has 78 valence electrons. The highest BCUT2D eigenvalue weighted by Gasteiger charge is 2.34. The Balaban J connectivity index is 2.18. The van der Waals surface area contributed by atoms with Crippen LogP contribution in [-0.4, -0.2) is 12.0 Å². The highest BCUT2D eigenvalue weighted by Crippen LogP contribution is 2.37. The van der Waals surface area contributed by atoms with E-state index in [2.05, 4.69) is 0 Å². The number of rotatable bonds is 3. The van der Waals surface area contributed by atoms with Crippen molar-refractivity contribution in [1.29, 1.82) is 0 Å². The van der Waals surface area contributed by atoms with Crippen LogP contribution < -0.4 is 5.73 Å². The molecule has 0 aromatic heterocycles. The van der Waals surface area contributed by atoms with Crippen molar-refractivity contribution in [3.05, 3.63) is 0 Å². The van der Waals surface area contributed by atoms with Crippen molar-refractivity contribution in [2.24, 2.45) is 11.7 Å². The van der Waals surface area contributed by atoms with E-state index in [-0.39, 0.29) is 18.9 Å². The van der Waals surface area contributed by atoms with Crippen LogP contribution in [0.1, 0.15) is 45.4 Å². The fourth-order valence-corrected chi connectivity index (χ4v) is 1.89. The van der Waals surface area contributed by atoms with Crippen molar-refractivity contribution in [3.8, 4) is 0 Å². The summed E-state index contributed by atoms with van der Waals surface area (Å²) in [5.74, 6) is -1.89. The van der Waals surface area contributed by atoms with Crippen LogP contribution in [0.4, 0.5) is 8.78 Å². The molecule has 2 N–H and O–H groups in total. The topological polar surface area (TPSA) is 26.0 Å². The van der Waals surface area contributed by atoms with Gasteiger partial charge in [0.25, 0.3) is 0 Å². The first-order valence-electron chi connectivity index (χ1n) is 5.13. The molecule has 1 rings (SSSR count). The highest BCUT2D eigenvalue weighted by atomic mass is 19.3. The minimum absolute atomic E-state index is 0.0800. The largest absolute Gasteiger partial charge is 0.328 e. The molecule has 1 atom stereocenters. The molecule has 0 amide bonds. The molecule has 1 aliphatic carbocycles. The SMILES string of the molecule is CC(N)CCC1CCC(F)(F)CC1. The van der Waals surface area contributed by atoms with Crippen molar-refractivity contribution >= 4 is 0 Å². The van der Waals surface area contributed by atoms with Crippen LogP contribution in [0.15, 0.2) is 0 Å². The lowest BCUT2D eigenvalue weighted by Crippen LogP contribution is -2.25. The van der Waals surface area contributed by atoms with Gasteiger partial charge >= 0.3 is 0 Å². The van der Waals surface area contributed by atoms with Gasteiger partial charge in [0.15, 0.2) is 0 Å². The quantitative estimate of drug-likeness (QED) is 0.729. The van der Waals surface area contributed by atoms with Crippen molar-refractivity contribution < 1.29 is 8.78 Å². The maximum atomic E-state index is 12.8. The third-order valence-electron chi connectivity index (χ3n) is 2.87. The van der Waals surface area contributed by atoms with Crippen LogP contribution in [0.3, 0.4) is 0 Å². The van der Waals surface area contributed by atoms with E-state index in [0.717, 1.165) is 12.8 Å². The van der Waals surface area contributed by atoms with E-state index in [9.17, 15) is 8.78 Å². The van der Waals surface area contributed by atoms with E-state index in [1.807, 2.05) is 6.92 Å². The van der Waals surface area contributed by atoms with Gasteiger partial charge in [-0.2, -0.15) is 0 Å². The molecule has 1 saturated carbocycles. The molecule has 0 aliphatic heterocycles. The van der Waals surface area contributed by atoms with E-state index in [0.29, 0.717) is 18.8 Å². The summed E-state index contributed by atoms with van der Waals surface area (Å²) in [6.07, 6.45) is 3.51. The van der Waals surface area contributed by atoms with Crippen LogP contribution in [0.5, 0.6) is 0 Å². The summed E-state index contributed by atoms with van der Waals surface area (Å²) < 4.78 is 25.5. The Morgan fingerprint density at radius 3 is 2.38 bits per heavy atom. The fraction of sp³-hybridized carbons (Fsp3) is 1.00. The molecule has 0 aromatic carbocycles. The summed E-state index contributed by atoms with van der Waals surface area (Å²) in [7, 11) is 0. The van der Waals surface area contributed by atoms with Gasteiger partial charge in [0.05, 0.1) is 0 Å². The maximum absolute atomic E-state index is 12.8. The van der Waals surface area contributed by atoms with Gasteiger partial charge in [-0.25, -0.2) is 8.78 Å². The standard InChI is InChI=1S/C10H19F2N/c1-8(13)2-3-9-4-6-10(11,12)7-5-9/h8-9H,2-7,13H2,1H3. The van der Waals surface area contributed by atoms with E-state index in [1.54, 1.807) is 0 Å². The average molecular weight is 191 g/mol. The van der Waals surface area contributed by atoms with E-state index in [1.165, 1.54) is 0 Å². The summed E-state index contributed by atoms with van der Waals surface area (Å²) in [5, 5.41) is 0. The molecule has 13 heavy (non-hydrogen) atoms. The molecule has 0 bridgehead atoms. The number of alkyl halides is 2. The summed E-state index contributed by atoms with van der Waals surface area (Å²) in [5.41, 5.74) is 5.61. The molecule has 0 radical (unpaired) electrons. The first-order valence-corrected chi connectivity index (χ1v) is 5.13. The minimum atomic E-state index is -2.38. The molecule has 1 nitrogen and oxygen atoms in total. The van der Waals surface area contributed by atoms with Crippen LogP contribution >= 0.6 is 0 Å². The third-order valence-corrected chi connectivity index (χ3v) is 2.87. The zero-order valence-corrected chi connectivity index (χ0v) is 8.23. The Labute approximate surface area is 78.7 Å². The number of hydrogen-bond donors (Lipinski definition) is 1. The molecular weight excluding hydrogens is 172 g/mol. The van der Waals surface area contributed by atoms with Crippen molar-refractivity contribution in [2.45, 2.75) is 57.4 Å². The zero-order valence-electron chi connectivity index (χ0n) is 8.23. The van der Waals surface area contributed by atoms with Gasteiger partial charge in [0.1, 0.15) is 0 Å². The number of hydrogen-bond acceptors (Lipinski definition) is 1. The van der Waals surface area contributed by atoms with Crippen LogP contribution in [0.2, 0.25) is 0 Å². The zero-order chi connectivity index (χ0) is 9.90. The fourth-order valence-electron chi connectivity index (χ4n) is 1.89. The van der Waals surface area contributed by atoms with Crippen molar-refractivity contribution in [3.63, 3.8) is 0 Å². The van der Waals surface area contributed by atoms with Gasteiger partial charge in [-0.1, -0.05) is 0 Å². The Hall–Kier alpha value is -0.180. The van der Waals surface area contributed by atoms with Crippen molar-refractivity contribution in [1.82, 2.24) is 0 Å². The summed E-state index contributed by atoms with van der Waals surface area (Å²) in [4.78, 5) is 0.